The van der Waals surface area contributed by atoms with Crippen molar-refractivity contribution in [3.05, 3.63) is 36.0 Å². The number of nitrogens with one attached hydrogen (secondary N) is 2. The summed E-state index contributed by atoms with van der Waals surface area (Å²) >= 11 is 0. The third-order valence-electron chi connectivity index (χ3n) is 1.82. The minimum Gasteiger partial charge on any atom is -0.403 e. The minimum absolute atomic E-state index is 0.119. The second-order valence-electron chi connectivity index (χ2n) is 2.99. The van der Waals surface area contributed by atoms with Crippen LogP contribution in [0.3, 0.4) is 0 Å². The zero-order valence-electron chi connectivity index (χ0n) is 8.45. The predicted molar refractivity (Wildman–Crippen MR) is 60.2 cm³/mol. The van der Waals surface area contributed by atoms with E-state index >= 15 is 0 Å². The molecule has 0 aromatic heterocycles. The SMILES string of the molecule is CC(=O)Nc1cccc(/C(=C/N)NN)c1. The van der Waals surface area contributed by atoms with E-state index in [4.69, 9.17) is 11.6 Å². The van der Waals surface area contributed by atoms with E-state index in [2.05, 4.69) is 10.7 Å². The molecule has 0 aliphatic rings. The van der Waals surface area contributed by atoms with E-state index in [1.807, 2.05) is 6.07 Å². The maximum absolute atomic E-state index is 10.8. The van der Waals surface area contributed by atoms with Crippen molar-refractivity contribution < 1.29 is 4.79 Å². The van der Waals surface area contributed by atoms with Crippen LogP contribution in [0.15, 0.2) is 30.5 Å². The zero-order chi connectivity index (χ0) is 11.3. The van der Waals surface area contributed by atoms with Crippen LogP contribution in [0.25, 0.3) is 5.70 Å². The second kappa shape index (κ2) is 5.02. The first-order valence-corrected chi connectivity index (χ1v) is 4.44. The van der Waals surface area contributed by atoms with Gasteiger partial charge in [0.05, 0.1) is 5.70 Å². The molecule has 0 radical (unpaired) electrons. The molecule has 5 nitrogen and oxygen atoms in total. The Morgan fingerprint density at radius 1 is 1.47 bits per heavy atom. The van der Waals surface area contributed by atoms with E-state index in [-0.39, 0.29) is 5.91 Å². The molecule has 0 aliphatic carbocycles. The van der Waals surface area contributed by atoms with Crippen LogP contribution in [0.5, 0.6) is 0 Å². The molecule has 6 N–H and O–H groups in total. The van der Waals surface area contributed by atoms with Gasteiger partial charge in [0.25, 0.3) is 0 Å². The van der Waals surface area contributed by atoms with Crippen molar-refractivity contribution in [1.82, 2.24) is 5.43 Å². The van der Waals surface area contributed by atoms with Crippen molar-refractivity contribution in [2.45, 2.75) is 6.92 Å². The smallest absolute Gasteiger partial charge is 0.221 e. The van der Waals surface area contributed by atoms with E-state index in [0.29, 0.717) is 11.4 Å². The molecule has 0 unspecified atom stereocenters. The molecule has 80 valence electrons. The lowest BCUT2D eigenvalue weighted by Crippen LogP contribution is -2.21. The molecule has 0 heterocycles. The van der Waals surface area contributed by atoms with Gasteiger partial charge in [0.15, 0.2) is 0 Å². The number of amides is 1. The highest BCUT2D eigenvalue weighted by molar-refractivity contribution is 5.89. The van der Waals surface area contributed by atoms with Crippen LogP contribution in [-0.2, 0) is 4.79 Å². The summed E-state index contributed by atoms with van der Waals surface area (Å²) in [6.45, 7) is 1.45. The van der Waals surface area contributed by atoms with Crippen molar-refractivity contribution in [2.75, 3.05) is 5.32 Å². The van der Waals surface area contributed by atoms with Crippen molar-refractivity contribution in [3.63, 3.8) is 0 Å². The van der Waals surface area contributed by atoms with Crippen LogP contribution in [0, 0.1) is 0 Å². The number of anilines is 1. The summed E-state index contributed by atoms with van der Waals surface area (Å²) in [6.07, 6.45) is 1.37. The number of benzene rings is 1. The lowest BCUT2D eigenvalue weighted by Gasteiger charge is -2.08. The Morgan fingerprint density at radius 2 is 2.20 bits per heavy atom. The lowest BCUT2D eigenvalue weighted by molar-refractivity contribution is -0.114. The summed E-state index contributed by atoms with van der Waals surface area (Å²) < 4.78 is 0. The van der Waals surface area contributed by atoms with E-state index < -0.39 is 0 Å². The molecule has 1 aromatic rings. The summed E-state index contributed by atoms with van der Waals surface area (Å²) in [5.74, 6) is 5.16. The molecule has 0 fully saturated rings. The molecule has 15 heavy (non-hydrogen) atoms. The maximum atomic E-state index is 10.8. The Morgan fingerprint density at radius 3 is 2.73 bits per heavy atom. The third-order valence-corrected chi connectivity index (χ3v) is 1.82. The van der Waals surface area contributed by atoms with Crippen LogP contribution < -0.4 is 22.3 Å². The molecular weight excluding hydrogens is 192 g/mol. The Hall–Kier alpha value is -2.01. The molecule has 0 spiro atoms. The summed E-state index contributed by atoms with van der Waals surface area (Å²) in [7, 11) is 0. The Bertz CT molecular complexity index is 387. The summed E-state index contributed by atoms with van der Waals surface area (Å²) in [6, 6.07) is 7.21. The van der Waals surface area contributed by atoms with Crippen LogP contribution in [0.2, 0.25) is 0 Å². The number of hydrazine groups is 1. The Balaban J connectivity index is 2.96. The topological polar surface area (TPSA) is 93.2 Å². The van der Waals surface area contributed by atoms with Crippen LogP contribution >= 0.6 is 0 Å². The van der Waals surface area contributed by atoms with Gasteiger partial charge in [0.1, 0.15) is 0 Å². The van der Waals surface area contributed by atoms with E-state index in [9.17, 15) is 4.79 Å². The predicted octanol–water partition coefficient (Wildman–Crippen LogP) is 0.365. The van der Waals surface area contributed by atoms with E-state index in [1.165, 1.54) is 13.1 Å². The quantitative estimate of drug-likeness (QED) is 0.424. The molecular formula is C10H14N4O. The highest BCUT2D eigenvalue weighted by atomic mass is 16.1. The number of rotatable bonds is 3. The van der Waals surface area contributed by atoms with Crippen LogP contribution in [0.4, 0.5) is 5.69 Å². The van der Waals surface area contributed by atoms with E-state index in [1.54, 1.807) is 18.2 Å². The number of carbonyl (C=O) groups is 1. The van der Waals surface area contributed by atoms with Gasteiger partial charge in [0.2, 0.25) is 5.91 Å². The first kappa shape index (κ1) is 11.1. The molecule has 0 atom stereocenters. The van der Waals surface area contributed by atoms with Gasteiger partial charge in [-0.2, -0.15) is 0 Å². The Labute approximate surface area is 88.1 Å². The zero-order valence-corrected chi connectivity index (χ0v) is 8.45. The number of hydrogen-bond donors (Lipinski definition) is 4. The van der Waals surface area contributed by atoms with Gasteiger partial charge in [-0.1, -0.05) is 12.1 Å². The average Bonchev–Trinajstić information content (AvgIpc) is 2.19. The van der Waals surface area contributed by atoms with Crippen molar-refractivity contribution in [3.8, 4) is 0 Å². The standard InChI is InChI=1S/C10H14N4O/c1-7(15)13-9-4-2-3-8(5-9)10(6-11)14-12/h2-6,14H,11-12H2,1H3,(H,13,15)/b10-6-. The lowest BCUT2D eigenvalue weighted by atomic mass is 10.1. The van der Waals surface area contributed by atoms with Gasteiger partial charge < -0.3 is 16.5 Å². The summed E-state index contributed by atoms with van der Waals surface area (Å²) in [5, 5.41) is 2.67. The molecule has 0 bridgehead atoms. The largest absolute Gasteiger partial charge is 0.403 e. The average molecular weight is 206 g/mol. The highest BCUT2D eigenvalue weighted by Gasteiger charge is 2.01. The summed E-state index contributed by atoms with van der Waals surface area (Å²) in [5.41, 5.74) is 9.96. The van der Waals surface area contributed by atoms with Gasteiger partial charge in [-0.3, -0.25) is 10.6 Å². The van der Waals surface area contributed by atoms with Crippen LogP contribution in [0.1, 0.15) is 12.5 Å². The molecule has 5 heteroatoms. The third kappa shape index (κ3) is 2.99. The fourth-order valence-electron chi connectivity index (χ4n) is 1.20. The number of hydrogen-bond acceptors (Lipinski definition) is 4. The molecule has 0 saturated heterocycles. The molecule has 1 amide bonds. The van der Waals surface area contributed by atoms with Gasteiger partial charge in [-0.05, 0) is 12.1 Å². The molecule has 1 aromatic carbocycles. The monoisotopic (exact) mass is 206 g/mol. The Kier molecular flexibility index (Phi) is 3.70. The van der Waals surface area contributed by atoms with Crippen LogP contribution in [-0.4, -0.2) is 5.91 Å². The van der Waals surface area contributed by atoms with Gasteiger partial charge in [0, 0.05) is 24.4 Å². The summed E-state index contributed by atoms with van der Waals surface area (Å²) in [4.78, 5) is 10.8. The molecule has 0 saturated carbocycles. The van der Waals surface area contributed by atoms with Crippen molar-refractivity contribution in [2.24, 2.45) is 11.6 Å². The number of nitrogens with two attached hydrogens (primary N) is 2. The molecule has 1 rings (SSSR count). The second-order valence-corrected chi connectivity index (χ2v) is 2.99. The first-order chi connectivity index (χ1) is 7.17. The van der Waals surface area contributed by atoms with Crippen molar-refractivity contribution >= 4 is 17.3 Å². The van der Waals surface area contributed by atoms with Crippen molar-refractivity contribution in [1.29, 1.82) is 0 Å². The normalized spacial score (nSPS) is 10.9. The van der Waals surface area contributed by atoms with Gasteiger partial charge >= 0.3 is 0 Å². The van der Waals surface area contributed by atoms with Gasteiger partial charge in [-0.25, -0.2) is 0 Å². The fourth-order valence-corrected chi connectivity index (χ4v) is 1.20. The van der Waals surface area contributed by atoms with E-state index in [0.717, 1.165) is 5.56 Å². The van der Waals surface area contributed by atoms with Gasteiger partial charge in [-0.15, -0.1) is 0 Å². The number of carbonyl (C=O) groups excluding carboxylic acids is 1. The fraction of sp³-hybridized carbons (Fsp3) is 0.100. The minimum atomic E-state index is -0.119. The molecule has 0 aliphatic heterocycles. The maximum Gasteiger partial charge on any atom is 0.221 e. The highest BCUT2D eigenvalue weighted by Crippen LogP contribution is 2.15. The first-order valence-electron chi connectivity index (χ1n) is 4.44.